The van der Waals surface area contributed by atoms with Gasteiger partial charge in [0.05, 0.1) is 10.6 Å². The van der Waals surface area contributed by atoms with Gasteiger partial charge in [0, 0.05) is 32.0 Å². The first-order chi connectivity index (χ1) is 12.9. The van der Waals surface area contributed by atoms with Crippen LogP contribution >= 0.6 is 11.6 Å². The molecule has 2 aliphatic rings. The van der Waals surface area contributed by atoms with Crippen LogP contribution in [0.15, 0.2) is 18.2 Å². The Morgan fingerprint density at radius 2 is 1.89 bits per heavy atom. The van der Waals surface area contributed by atoms with E-state index in [1.54, 1.807) is 23.1 Å². The molecule has 148 valence electrons. The molecule has 1 aliphatic carbocycles. The molecule has 0 aromatic heterocycles. The number of hydrogen-bond donors (Lipinski definition) is 2. The molecule has 1 aromatic carbocycles. The van der Waals surface area contributed by atoms with Crippen molar-refractivity contribution in [1.29, 1.82) is 0 Å². The van der Waals surface area contributed by atoms with E-state index in [9.17, 15) is 9.59 Å². The van der Waals surface area contributed by atoms with Gasteiger partial charge in [-0.25, -0.2) is 0 Å². The largest absolute Gasteiger partial charge is 0.381 e. The SMILES string of the molecule is CN(C(=O)c1ccc(NC(=O)C2(N)CCOCC2)cc1Cl)C1CCCCC1. The van der Waals surface area contributed by atoms with Gasteiger partial charge >= 0.3 is 0 Å². The second-order valence-electron chi connectivity index (χ2n) is 7.63. The van der Waals surface area contributed by atoms with Gasteiger partial charge in [0.2, 0.25) is 5.91 Å². The van der Waals surface area contributed by atoms with E-state index in [0.717, 1.165) is 25.7 Å². The lowest BCUT2D eigenvalue weighted by Gasteiger charge is -2.32. The maximum Gasteiger partial charge on any atom is 0.255 e. The number of benzene rings is 1. The summed E-state index contributed by atoms with van der Waals surface area (Å²) in [5.74, 6) is -0.329. The van der Waals surface area contributed by atoms with E-state index in [4.69, 9.17) is 22.1 Å². The molecule has 1 saturated carbocycles. The normalized spacial score (nSPS) is 20.1. The second kappa shape index (κ2) is 8.59. The first-order valence-electron chi connectivity index (χ1n) is 9.65. The Kier molecular flexibility index (Phi) is 6.40. The molecule has 1 aliphatic heterocycles. The molecule has 3 N–H and O–H groups in total. The summed E-state index contributed by atoms with van der Waals surface area (Å²) in [5, 5.41) is 3.15. The number of carbonyl (C=O) groups excluding carboxylic acids is 2. The van der Waals surface area contributed by atoms with Crippen LogP contribution in [0.25, 0.3) is 0 Å². The van der Waals surface area contributed by atoms with Gasteiger partial charge in [-0.05, 0) is 43.9 Å². The predicted octanol–water partition coefficient (Wildman–Crippen LogP) is 3.19. The summed E-state index contributed by atoms with van der Waals surface area (Å²) in [6.07, 6.45) is 6.60. The standard InChI is InChI=1S/C20H28ClN3O3/c1-24(15-5-3-2-4-6-15)18(25)16-8-7-14(13-17(16)21)23-19(26)20(22)9-11-27-12-10-20/h7-8,13,15H,2-6,9-12,22H2,1H3,(H,23,26). The van der Waals surface area contributed by atoms with Crippen molar-refractivity contribution in [2.75, 3.05) is 25.6 Å². The van der Waals surface area contributed by atoms with Crippen molar-refractivity contribution in [1.82, 2.24) is 4.90 Å². The summed E-state index contributed by atoms with van der Waals surface area (Å²) in [7, 11) is 1.84. The molecule has 7 heteroatoms. The highest BCUT2D eigenvalue weighted by atomic mass is 35.5. The fourth-order valence-corrected chi connectivity index (χ4v) is 4.07. The number of nitrogens with two attached hydrogens (primary N) is 1. The zero-order valence-electron chi connectivity index (χ0n) is 15.8. The van der Waals surface area contributed by atoms with Crippen LogP contribution in [0.2, 0.25) is 5.02 Å². The Balaban J connectivity index is 1.67. The average Bonchev–Trinajstić information content (AvgIpc) is 2.68. The highest BCUT2D eigenvalue weighted by Crippen LogP contribution is 2.27. The van der Waals surface area contributed by atoms with Gasteiger partial charge in [-0.3, -0.25) is 9.59 Å². The Morgan fingerprint density at radius 3 is 2.52 bits per heavy atom. The van der Waals surface area contributed by atoms with Crippen molar-refractivity contribution in [3.8, 4) is 0 Å². The molecule has 1 aromatic rings. The molecule has 3 rings (SSSR count). The highest BCUT2D eigenvalue weighted by Gasteiger charge is 2.36. The molecule has 2 fully saturated rings. The third kappa shape index (κ3) is 4.62. The van der Waals surface area contributed by atoms with Gasteiger partial charge in [0.25, 0.3) is 5.91 Å². The van der Waals surface area contributed by atoms with Crippen molar-refractivity contribution in [3.63, 3.8) is 0 Å². The van der Waals surface area contributed by atoms with Crippen molar-refractivity contribution < 1.29 is 14.3 Å². The van der Waals surface area contributed by atoms with E-state index in [-0.39, 0.29) is 17.9 Å². The summed E-state index contributed by atoms with van der Waals surface area (Å²) in [4.78, 5) is 27.1. The van der Waals surface area contributed by atoms with E-state index < -0.39 is 5.54 Å². The zero-order chi connectivity index (χ0) is 19.4. The number of ether oxygens (including phenoxy) is 1. The van der Waals surface area contributed by atoms with Gasteiger partial charge in [0.1, 0.15) is 5.54 Å². The maximum atomic E-state index is 12.8. The van der Waals surface area contributed by atoms with Crippen molar-refractivity contribution >= 4 is 29.1 Å². The van der Waals surface area contributed by atoms with Gasteiger partial charge < -0.3 is 20.7 Å². The minimum Gasteiger partial charge on any atom is -0.381 e. The van der Waals surface area contributed by atoms with E-state index in [2.05, 4.69) is 5.32 Å². The Bertz CT molecular complexity index is 698. The van der Waals surface area contributed by atoms with Crippen molar-refractivity contribution in [2.45, 2.75) is 56.5 Å². The van der Waals surface area contributed by atoms with Crippen LogP contribution in [0, 0.1) is 0 Å². The Labute approximate surface area is 165 Å². The molecular weight excluding hydrogens is 366 g/mol. The Morgan fingerprint density at radius 1 is 1.22 bits per heavy atom. The molecule has 1 heterocycles. The lowest BCUT2D eigenvalue weighted by atomic mass is 9.90. The fourth-order valence-electron chi connectivity index (χ4n) is 3.81. The number of amides is 2. The van der Waals surface area contributed by atoms with E-state index in [1.165, 1.54) is 6.42 Å². The van der Waals surface area contributed by atoms with Crippen LogP contribution in [0.5, 0.6) is 0 Å². The summed E-state index contributed by atoms with van der Waals surface area (Å²) >= 11 is 6.36. The monoisotopic (exact) mass is 393 g/mol. The second-order valence-corrected chi connectivity index (χ2v) is 8.03. The van der Waals surface area contributed by atoms with E-state index in [1.807, 2.05) is 7.05 Å². The molecule has 0 bridgehead atoms. The molecular formula is C20H28ClN3O3. The summed E-state index contributed by atoms with van der Waals surface area (Å²) in [5.41, 5.74) is 6.27. The van der Waals surface area contributed by atoms with Gasteiger partial charge in [0.15, 0.2) is 0 Å². The zero-order valence-corrected chi connectivity index (χ0v) is 16.6. The van der Waals surface area contributed by atoms with E-state index >= 15 is 0 Å². The van der Waals surface area contributed by atoms with Crippen LogP contribution < -0.4 is 11.1 Å². The van der Waals surface area contributed by atoms with Crippen LogP contribution in [-0.4, -0.2) is 48.6 Å². The maximum absolute atomic E-state index is 12.8. The Hall–Kier alpha value is -1.63. The molecule has 0 atom stereocenters. The molecule has 2 amide bonds. The topological polar surface area (TPSA) is 84.7 Å². The number of anilines is 1. The highest BCUT2D eigenvalue weighted by molar-refractivity contribution is 6.34. The lowest BCUT2D eigenvalue weighted by molar-refractivity contribution is -0.124. The third-order valence-electron chi connectivity index (χ3n) is 5.74. The average molecular weight is 394 g/mol. The molecule has 0 unspecified atom stereocenters. The van der Waals surface area contributed by atoms with Crippen LogP contribution in [0.4, 0.5) is 5.69 Å². The fraction of sp³-hybridized carbons (Fsp3) is 0.600. The van der Waals surface area contributed by atoms with Crippen molar-refractivity contribution in [3.05, 3.63) is 28.8 Å². The molecule has 27 heavy (non-hydrogen) atoms. The third-order valence-corrected chi connectivity index (χ3v) is 6.05. The van der Waals surface area contributed by atoms with Gasteiger partial charge in [-0.2, -0.15) is 0 Å². The number of carbonyl (C=O) groups is 2. The molecule has 0 radical (unpaired) electrons. The summed E-state index contributed by atoms with van der Waals surface area (Å²) in [6, 6.07) is 5.26. The van der Waals surface area contributed by atoms with E-state index in [0.29, 0.717) is 42.3 Å². The molecule has 6 nitrogen and oxygen atoms in total. The number of halogens is 1. The van der Waals surface area contributed by atoms with Crippen LogP contribution in [0.3, 0.4) is 0 Å². The molecule has 1 saturated heterocycles. The number of nitrogens with zero attached hydrogens (tertiary/aromatic N) is 1. The smallest absolute Gasteiger partial charge is 0.255 e. The first kappa shape index (κ1) is 20.1. The summed E-state index contributed by atoms with van der Waals surface area (Å²) in [6.45, 7) is 0.956. The summed E-state index contributed by atoms with van der Waals surface area (Å²) < 4.78 is 5.28. The minimum atomic E-state index is -0.930. The number of rotatable bonds is 4. The lowest BCUT2D eigenvalue weighted by Crippen LogP contribution is -2.54. The van der Waals surface area contributed by atoms with Crippen molar-refractivity contribution in [2.24, 2.45) is 5.73 Å². The number of hydrogen-bond acceptors (Lipinski definition) is 4. The molecule has 0 spiro atoms. The van der Waals surface area contributed by atoms with Gasteiger partial charge in [-0.1, -0.05) is 30.9 Å². The number of nitrogens with one attached hydrogen (secondary N) is 1. The quantitative estimate of drug-likeness (QED) is 0.822. The minimum absolute atomic E-state index is 0.0792. The predicted molar refractivity (Wildman–Crippen MR) is 106 cm³/mol. The van der Waals surface area contributed by atoms with Crippen LogP contribution in [0.1, 0.15) is 55.3 Å². The first-order valence-corrected chi connectivity index (χ1v) is 10.0. The van der Waals surface area contributed by atoms with Gasteiger partial charge in [-0.15, -0.1) is 0 Å². The van der Waals surface area contributed by atoms with Crippen LogP contribution in [-0.2, 0) is 9.53 Å².